The first-order valence-corrected chi connectivity index (χ1v) is 10.9. The molecular weight excluding hydrogens is 419 g/mol. The number of benzene rings is 3. The molecule has 0 radical (unpaired) electrons. The molecule has 0 atom stereocenters. The van der Waals surface area contributed by atoms with E-state index in [-0.39, 0.29) is 17.6 Å². The minimum Gasteiger partial charge on any atom is -0.455 e. The molecule has 170 valence electrons. The number of nitrogens with one attached hydrogen (secondary N) is 2. The fourth-order valence-electron chi connectivity index (χ4n) is 3.53. The van der Waals surface area contributed by atoms with Crippen LogP contribution in [0.2, 0.25) is 0 Å². The number of furan rings is 1. The van der Waals surface area contributed by atoms with Gasteiger partial charge in [0.2, 0.25) is 0 Å². The summed E-state index contributed by atoms with van der Waals surface area (Å²) in [7, 11) is 1.55. The van der Waals surface area contributed by atoms with Crippen molar-refractivity contribution >= 4 is 22.8 Å². The number of carbonyl (C=O) groups is 2. The van der Waals surface area contributed by atoms with Crippen LogP contribution in [0.5, 0.6) is 0 Å². The maximum absolute atomic E-state index is 13.4. The lowest BCUT2D eigenvalue weighted by Crippen LogP contribution is -2.22. The van der Waals surface area contributed by atoms with Crippen LogP contribution in [0.25, 0.3) is 33.4 Å². The van der Waals surface area contributed by atoms with Gasteiger partial charge in [-0.05, 0) is 66.6 Å². The molecule has 4 aromatic rings. The molecule has 2 amide bonds. The van der Waals surface area contributed by atoms with E-state index in [9.17, 15) is 14.0 Å². The standard InChI is InChI=1S/C25H21FN2O3.C2H6/c1-3-28-24(29)18-6-4-5-16(13-18)17-9-12-21-20(14-17)22(25(30)27-2)23(31-21)15-7-10-19(26)11-8-15;1-2/h4-14H,3H2,1-2H3,(H,27,30)(H,28,29);1-2H3. The Morgan fingerprint density at radius 2 is 1.55 bits per heavy atom. The van der Waals surface area contributed by atoms with Crippen molar-refractivity contribution in [3.8, 4) is 22.5 Å². The van der Waals surface area contributed by atoms with Gasteiger partial charge in [0.25, 0.3) is 11.8 Å². The van der Waals surface area contributed by atoms with Crippen molar-refractivity contribution in [2.75, 3.05) is 13.6 Å². The van der Waals surface area contributed by atoms with Crippen LogP contribution in [0.1, 0.15) is 41.5 Å². The molecule has 6 heteroatoms. The summed E-state index contributed by atoms with van der Waals surface area (Å²) in [6.45, 7) is 6.42. The van der Waals surface area contributed by atoms with Crippen molar-refractivity contribution in [2.24, 2.45) is 0 Å². The zero-order valence-corrected chi connectivity index (χ0v) is 19.2. The van der Waals surface area contributed by atoms with E-state index >= 15 is 0 Å². The van der Waals surface area contributed by atoms with Crippen molar-refractivity contribution in [1.82, 2.24) is 10.6 Å². The molecule has 1 heterocycles. The fraction of sp³-hybridized carbons (Fsp3) is 0.185. The highest BCUT2D eigenvalue weighted by Gasteiger charge is 2.22. The minimum absolute atomic E-state index is 0.140. The largest absolute Gasteiger partial charge is 0.455 e. The monoisotopic (exact) mass is 446 g/mol. The zero-order chi connectivity index (χ0) is 24.0. The van der Waals surface area contributed by atoms with Crippen LogP contribution in [0.4, 0.5) is 4.39 Å². The molecule has 0 bridgehead atoms. The lowest BCUT2D eigenvalue weighted by atomic mass is 9.99. The highest BCUT2D eigenvalue weighted by atomic mass is 19.1. The number of rotatable bonds is 5. The number of carbonyl (C=O) groups excluding carboxylic acids is 2. The highest BCUT2D eigenvalue weighted by molar-refractivity contribution is 6.11. The summed E-state index contributed by atoms with van der Waals surface area (Å²) < 4.78 is 19.4. The van der Waals surface area contributed by atoms with Crippen LogP contribution < -0.4 is 10.6 Å². The van der Waals surface area contributed by atoms with Crippen LogP contribution in [-0.2, 0) is 0 Å². The van der Waals surface area contributed by atoms with Crippen molar-refractivity contribution in [3.63, 3.8) is 0 Å². The van der Waals surface area contributed by atoms with E-state index in [1.807, 2.05) is 51.1 Å². The molecule has 0 fully saturated rings. The molecule has 5 nitrogen and oxygen atoms in total. The average Bonchev–Trinajstić information content (AvgIpc) is 3.24. The summed E-state index contributed by atoms with van der Waals surface area (Å²) in [5.74, 6) is -0.428. The number of hydrogen-bond donors (Lipinski definition) is 2. The van der Waals surface area contributed by atoms with Crippen molar-refractivity contribution in [3.05, 3.63) is 83.7 Å². The van der Waals surface area contributed by atoms with E-state index in [4.69, 9.17) is 4.42 Å². The lowest BCUT2D eigenvalue weighted by molar-refractivity contribution is 0.0951. The third-order valence-corrected chi connectivity index (χ3v) is 5.04. The summed E-state index contributed by atoms with van der Waals surface area (Å²) in [6.07, 6.45) is 0. The summed E-state index contributed by atoms with van der Waals surface area (Å²) in [4.78, 5) is 24.9. The van der Waals surface area contributed by atoms with E-state index in [1.54, 1.807) is 31.3 Å². The third-order valence-electron chi connectivity index (χ3n) is 5.04. The van der Waals surface area contributed by atoms with Gasteiger partial charge in [0.15, 0.2) is 0 Å². The Kier molecular flexibility index (Phi) is 7.61. The molecule has 1 aromatic heterocycles. The van der Waals surface area contributed by atoms with Gasteiger partial charge < -0.3 is 15.1 Å². The normalized spacial score (nSPS) is 10.3. The molecule has 2 N–H and O–H groups in total. The summed E-state index contributed by atoms with van der Waals surface area (Å²) >= 11 is 0. The summed E-state index contributed by atoms with van der Waals surface area (Å²) in [5, 5.41) is 6.08. The zero-order valence-electron chi connectivity index (χ0n) is 19.2. The maximum Gasteiger partial charge on any atom is 0.255 e. The van der Waals surface area contributed by atoms with Gasteiger partial charge in [-0.2, -0.15) is 0 Å². The molecule has 0 saturated carbocycles. The van der Waals surface area contributed by atoms with E-state index in [0.29, 0.717) is 40.0 Å². The van der Waals surface area contributed by atoms with E-state index in [1.165, 1.54) is 12.1 Å². The molecule has 4 rings (SSSR count). The van der Waals surface area contributed by atoms with Crippen LogP contribution >= 0.6 is 0 Å². The van der Waals surface area contributed by atoms with Gasteiger partial charge >= 0.3 is 0 Å². The molecule has 3 aromatic carbocycles. The van der Waals surface area contributed by atoms with E-state index in [2.05, 4.69) is 10.6 Å². The van der Waals surface area contributed by atoms with Gasteiger partial charge in [0.05, 0.1) is 5.56 Å². The number of hydrogen-bond acceptors (Lipinski definition) is 3. The van der Waals surface area contributed by atoms with Gasteiger partial charge in [0.1, 0.15) is 17.2 Å². The fourth-order valence-corrected chi connectivity index (χ4v) is 3.53. The van der Waals surface area contributed by atoms with Gasteiger partial charge in [0, 0.05) is 30.1 Å². The van der Waals surface area contributed by atoms with Gasteiger partial charge in [-0.25, -0.2) is 4.39 Å². The first-order valence-electron chi connectivity index (χ1n) is 10.9. The molecular formula is C27H27FN2O3. The SMILES string of the molecule is CC.CCNC(=O)c1cccc(-c2ccc3oc(-c4ccc(F)cc4)c(C(=O)NC)c3c2)c1. The van der Waals surface area contributed by atoms with Crippen molar-refractivity contribution in [2.45, 2.75) is 20.8 Å². The summed E-state index contributed by atoms with van der Waals surface area (Å²) in [6, 6.07) is 18.7. The van der Waals surface area contributed by atoms with Crippen LogP contribution in [0.3, 0.4) is 0 Å². The lowest BCUT2D eigenvalue weighted by Gasteiger charge is -2.07. The Morgan fingerprint density at radius 1 is 0.879 bits per heavy atom. The van der Waals surface area contributed by atoms with Crippen molar-refractivity contribution < 1.29 is 18.4 Å². The Bertz CT molecular complexity index is 1280. The number of fused-ring (bicyclic) bond motifs is 1. The third kappa shape index (κ3) is 4.95. The van der Waals surface area contributed by atoms with Crippen LogP contribution in [0, 0.1) is 5.82 Å². The molecule has 33 heavy (non-hydrogen) atoms. The molecule has 0 aliphatic carbocycles. The molecule has 0 unspecified atom stereocenters. The molecule has 0 aliphatic heterocycles. The molecule has 0 saturated heterocycles. The second-order valence-electron chi connectivity index (χ2n) is 7.04. The van der Waals surface area contributed by atoms with Gasteiger partial charge in [-0.1, -0.05) is 32.0 Å². The Labute approximate surface area is 192 Å². The molecule has 0 spiro atoms. The predicted molar refractivity (Wildman–Crippen MR) is 130 cm³/mol. The second-order valence-corrected chi connectivity index (χ2v) is 7.04. The second kappa shape index (κ2) is 10.6. The number of amides is 2. The average molecular weight is 447 g/mol. The van der Waals surface area contributed by atoms with Crippen molar-refractivity contribution in [1.29, 1.82) is 0 Å². The van der Waals surface area contributed by atoms with Gasteiger partial charge in [-0.3, -0.25) is 9.59 Å². The molecule has 0 aliphatic rings. The van der Waals surface area contributed by atoms with Crippen LogP contribution in [0.15, 0.2) is 71.1 Å². The highest BCUT2D eigenvalue weighted by Crippen LogP contribution is 2.36. The van der Waals surface area contributed by atoms with Gasteiger partial charge in [-0.15, -0.1) is 0 Å². The van der Waals surface area contributed by atoms with E-state index in [0.717, 1.165) is 11.1 Å². The predicted octanol–water partition coefficient (Wildman–Crippen LogP) is 6.04. The quantitative estimate of drug-likeness (QED) is 0.393. The smallest absolute Gasteiger partial charge is 0.255 e. The Hall–Kier alpha value is -3.93. The Balaban J connectivity index is 0.00000149. The summed E-state index contributed by atoms with van der Waals surface area (Å²) in [5.41, 5.74) is 3.78. The maximum atomic E-state index is 13.4. The Morgan fingerprint density at radius 3 is 2.21 bits per heavy atom. The first-order chi connectivity index (χ1) is 16.0. The van der Waals surface area contributed by atoms with E-state index < -0.39 is 0 Å². The number of halogens is 1. The minimum atomic E-state index is -0.365. The topological polar surface area (TPSA) is 71.3 Å². The first kappa shape index (κ1) is 23.7. The van der Waals surface area contributed by atoms with Crippen LogP contribution in [-0.4, -0.2) is 25.4 Å².